The monoisotopic (exact) mass is 280 g/mol. The maximum Gasteiger partial charge on any atom is 0.101 e. The molecule has 0 spiro atoms. The maximum atomic E-state index is 6.19. The number of hydrogen-bond acceptors (Lipinski definition) is 4. The van der Waals surface area contributed by atoms with Gasteiger partial charge in [-0.1, -0.05) is 36.4 Å². The number of hydrogen-bond donors (Lipinski definition) is 4. The minimum atomic E-state index is 0.219. The Bertz CT molecular complexity index is 693. The van der Waals surface area contributed by atoms with Crippen LogP contribution in [-0.2, 0) is 0 Å². The van der Waals surface area contributed by atoms with Gasteiger partial charge in [0.25, 0.3) is 0 Å². The van der Waals surface area contributed by atoms with Crippen LogP contribution < -0.4 is 22.9 Å². The van der Waals surface area contributed by atoms with Crippen molar-refractivity contribution in [2.45, 2.75) is 6.92 Å². The summed E-state index contributed by atoms with van der Waals surface area (Å²) in [6.07, 6.45) is 1.79. The number of nitrogen functional groups attached to an aromatic ring is 1. The van der Waals surface area contributed by atoms with E-state index in [0.29, 0.717) is 17.0 Å². The van der Waals surface area contributed by atoms with E-state index in [1.165, 1.54) is 0 Å². The summed E-state index contributed by atoms with van der Waals surface area (Å²) in [4.78, 5) is 0. The molecule has 0 heterocycles. The number of allylic oxidation sites excluding steroid dienone is 2. The Hall–Kier alpha value is -2.88. The predicted molar refractivity (Wildman–Crippen MR) is 89.5 cm³/mol. The molecule has 0 amide bonds. The summed E-state index contributed by atoms with van der Waals surface area (Å²) in [5.41, 5.74) is 28.4. The van der Waals surface area contributed by atoms with Crippen molar-refractivity contribution in [3.8, 4) is 0 Å². The molecule has 21 heavy (non-hydrogen) atoms. The van der Waals surface area contributed by atoms with E-state index in [2.05, 4.69) is 0 Å². The van der Waals surface area contributed by atoms with Gasteiger partial charge in [-0.15, -0.1) is 0 Å². The minimum absolute atomic E-state index is 0.219. The number of anilines is 1. The molecule has 2 rings (SSSR count). The Labute approximate surface area is 124 Å². The molecule has 0 aromatic heterocycles. The van der Waals surface area contributed by atoms with E-state index in [0.717, 1.165) is 16.7 Å². The highest BCUT2D eigenvalue weighted by molar-refractivity contribution is 5.84. The number of nitrogens with two attached hydrogens (primary N) is 4. The van der Waals surface area contributed by atoms with Crippen LogP contribution in [0.3, 0.4) is 0 Å². The van der Waals surface area contributed by atoms with Crippen LogP contribution >= 0.6 is 0 Å². The summed E-state index contributed by atoms with van der Waals surface area (Å²) >= 11 is 0. The molecule has 108 valence electrons. The molecule has 8 N–H and O–H groups in total. The molecule has 0 fully saturated rings. The van der Waals surface area contributed by atoms with E-state index >= 15 is 0 Å². The van der Waals surface area contributed by atoms with Crippen LogP contribution in [0, 0.1) is 6.92 Å². The number of benzene rings is 2. The first-order valence-corrected chi connectivity index (χ1v) is 6.63. The Morgan fingerprint density at radius 2 is 1.52 bits per heavy atom. The van der Waals surface area contributed by atoms with Gasteiger partial charge in [0, 0.05) is 22.5 Å². The lowest BCUT2D eigenvalue weighted by molar-refractivity contribution is 1.25. The van der Waals surface area contributed by atoms with Crippen molar-refractivity contribution >= 4 is 17.0 Å². The van der Waals surface area contributed by atoms with Crippen molar-refractivity contribution in [3.63, 3.8) is 0 Å². The molecule has 0 aliphatic carbocycles. The van der Waals surface area contributed by atoms with Crippen molar-refractivity contribution < 1.29 is 0 Å². The summed E-state index contributed by atoms with van der Waals surface area (Å²) < 4.78 is 0. The van der Waals surface area contributed by atoms with Crippen LogP contribution in [0.1, 0.15) is 16.7 Å². The molecule has 0 saturated heterocycles. The van der Waals surface area contributed by atoms with E-state index in [9.17, 15) is 0 Å². The molecule has 0 unspecified atom stereocenters. The van der Waals surface area contributed by atoms with Crippen LogP contribution in [0.5, 0.6) is 0 Å². The van der Waals surface area contributed by atoms with Gasteiger partial charge in [0.2, 0.25) is 0 Å². The number of aryl methyl sites for hydroxylation is 1. The average Bonchev–Trinajstić information content (AvgIpc) is 2.46. The lowest BCUT2D eigenvalue weighted by Gasteiger charge is -2.10. The van der Waals surface area contributed by atoms with E-state index < -0.39 is 0 Å². The van der Waals surface area contributed by atoms with E-state index in [1.807, 2.05) is 43.3 Å². The third-order valence-corrected chi connectivity index (χ3v) is 3.29. The van der Waals surface area contributed by atoms with Crippen molar-refractivity contribution in [1.82, 2.24) is 0 Å². The molecular weight excluding hydrogens is 260 g/mol. The fraction of sp³-hybridized carbons (Fsp3) is 0.0588. The molecule has 0 aliphatic heterocycles. The molecule has 0 saturated carbocycles. The summed E-state index contributed by atoms with van der Waals surface area (Å²) in [6.45, 7) is 2.01. The SMILES string of the molecule is Cc1ccccc1/C(N)=C/C(=C(N)N)c1ccc(N)cc1. The predicted octanol–water partition coefficient (Wildman–Crippen LogP) is 2.16. The Balaban J connectivity index is 2.46. The van der Waals surface area contributed by atoms with Gasteiger partial charge >= 0.3 is 0 Å². The summed E-state index contributed by atoms with van der Waals surface area (Å²) in [5, 5.41) is 0. The molecule has 0 bridgehead atoms. The first kappa shape index (κ1) is 14.5. The average molecular weight is 280 g/mol. The van der Waals surface area contributed by atoms with Gasteiger partial charge in [0.15, 0.2) is 0 Å². The topological polar surface area (TPSA) is 104 Å². The van der Waals surface area contributed by atoms with E-state index in [-0.39, 0.29) is 5.82 Å². The van der Waals surface area contributed by atoms with Crippen LogP contribution in [0.2, 0.25) is 0 Å². The molecular formula is C17H20N4. The summed E-state index contributed by atoms with van der Waals surface area (Å²) in [5.74, 6) is 0.219. The summed E-state index contributed by atoms with van der Waals surface area (Å²) in [6, 6.07) is 15.2. The zero-order chi connectivity index (χ0) is 15.4. The van der Waals surface area contributed by atoms with Gasteiger partial charge < -0.3 is 22.9 Å². The first-order valence-electron chi connectivity index (χ1n) is 6.63. The largest absolute Gasteiger partial charge is 0.399 e. The van der Waals surface area contributed by atoms with Crippen molar-refractivity contribution in [3.05, 3.63) is 77.1 Å². The normalized spacial score (nSPS) is 11.2. The summed E-state index contributed by atoms with van der Waals surface area (Å²) in [7, 11) is 0. The lowest BCUT2D eigenvalue weighted by atomic mass is 10.0. The van der Waals surface area contributed by atoms with E-state index in [1.54, 1.807) is 18.2 Å². The number of rotatable bonds is 3. The Kier molecular flexibility index (Phi) is 4.18. The molecule has 4 nitrogen and oxygen atoms in total. The highest BCUT2D eigenvalue weighted by Crippen LogP contribution is 2.23. The second kappa shape index (κ2) is 6.05. The van der Waals surface area contributed by atoms with Gasteiger partial charge in [-0.2, -0.15) is 0 Å². The lowest BCUT2D eigenvalue weighted by Crippen LogP contribution is -2.12. The quantitative estimate of drug-likeness (QED) is 0.511. The zero-order valence-corrected chi connectivity index (χ0v) is 12.0. The zero-order valence-electron chi connectivity index (χ0n) is 12.0. The fourth-order valence-electron chi connectivity index (χ4n) is 2.13. The standard InChI is InChI=1S/C17H20N4/c1-11-4-2-3-5-14(11)16(19)10-15(17(20)21)12-6-8-13(18)9-7-12/h2-10H,18-21H2,1H3/b16-10-. The van der Waals surface area contributed by atoms with Gasteiger partial charge in [0.1, 0.15) is 5.82 Å². The molecule has 0 aliphatic rings. The van der Waals surface area contributed by atoms with Gasteiger partial charge in [0.05, 0.1) is 0 Å². The second-order valence-corrected chi connectivity index (χ2v) is 4.91. The third kappa shape index (κ3) is 3.36. The van der Waals surface area contributed by atoms with Crippen LogP contribution in [0.4, 0.5) is 5.69 Å². The van der Waals surface area contributed by atoms with Gasteiger partial charge in [-0.05, 0) is 36.3 Å². The molecule has 2 aromatic carbocycles. The first-order chi connectivity index (χ1) is 9.99. The van der Waals surface area contributed by atoms with Crippen LogP contribution in [-0.4, -0.2) is 0 Å². The van der Waals surface area contributed by atoms with Crippen molar-refractivity contribution in [2.24, 2.45) is 17.2 Å². The van der Waals surface area contributed by atoms with Crippen LogP contribution in [0.15, 0.2) is 60.4 Å². The third-order valence-electron chi connectivity index (χ3n) is 3.29. The minimum Gasteiger partial charge on any atom is -0.399 e. The maximum absolute atomic E-state index is 6.19. The highest BCUT2D eigenvalue weighted by Gasteiger charge is 2.06. The Morgan fingerprint density at radius 1 is 0.905 bits per heavy atom. The van der Waals surface area contributed by atoms with Gasteiger partial charge in [-0.3, -0.25) is 0 Å². The smallest absolute Gasteiger partial charge is 0.101 e. The van der Waals surface area contributed by atoms with E-state index in [4.69, 9.17) is 22.9 Å². The van der Waals surface area contributed by atoms with Crippen LogP contribution in [0.25, 0.3) is 11.3 Å². The molecule has 2 aromatic rings. The second-order valence-electron chi connectivity index (χ2n) is 4.91. The van der Waals surface area contributed by atoms with Crippen molar-refractivity contribution in [2.75, 3.05) is 5.73 Å². The molecule has 0 atom stereocenters. The highest BCUT2D eigenvalue weighted by atomic mass is 14.8. The fourth-order valence-corrected chi connectivity index (χ4v) is 2.13. The molecule has 0 radical (unpaired) electrons. The Morgan fingerprint density at radius 3 is 2.10 bits per heavy atom. The van der Waals surface area contributed by atoms with Crippen molar-refractivity contribution in [1.29, 1.82) is 0 Å². The molecule has 4 heteroatoms. The van der Waals surface area contributed by atoms with Gasteiger partial charge in [-0.25, -0.2) is 0 Å².